The first kappa shape index (κ1) is 20.2. The Morgan fingerprint density at radius 2 is 1.93 bits per heavy atom. The maximum Gasteiger partial charge on any atom is 0.338 e. The molecule has 3 rings (SSSR count). The van der Waals surface area contributed by atoms with Crippen molar-refractivity contribution in [1.82, 2.24) is 4.72 Å². The lowest BCUT2D eigenvalue weighted by molar-refractivity contribution is 0.0471. The zero-order valence-electron chi connectivity index (χ0n) is 14.6. The van der Waals surface area contributed by atoms with Gasteiger partial charge in [-0.1, -0.05) is 27.9 Å². The minimum Gasteiger partial charge on any atom is -0.486 e. The number of benzene rings is 2. The second-order valence-corrected chi connectivity index (χ2v) is 8.34. The molecular weight excluding hydrogens is 450 g/mol. The average molecular weight is 466 g/mol. The smallest absolute Gasteiger partial charge is 0.338 e. The highest BCUT2D eigenvalue weighted by Gasteiger charge is 2.18. The van der Waals surface area contributed by atoms with E-state index >= 15 is 0 Å². The van der Waals surface area contributed by atoms with Gasteiger partial charge in [0.15, 0.2) is 11.5 Å². The largest absolute Gasteiger partial charge is 0.486 e. The molecule has 0 aliphatic carbocycles. The van der Waals surface area contributed by atoms with E-state index in [1.54, 1.807) is 12.1 Å². The first-order valence-electron chi connectivity index (χ1n) is 8.19. The SMILES string of the molecule is C#CCNS(=O)(=O)c1cccc(C(=O)OCc2cc3c(cc2Br)OCCO3)c1. The van der Waals surface area contributed by atoms with Gasteiger partial charge in [0.1, 0.15) is 19.8 Å². The third-order valence-electron chi connectivity index (χ3n) is 3.81. The number of carbonyl (C=O) groups excluding carboxylic acids is 1. The number of sulfonamides is 1. The number of ether oxygens (including phenoxy) is 3. The Labute approximate surface area is 171 Å². The number of hydrogen-bond acceptors (Lipinski definition) is 6. The Kier molecular flexibility index (Phi) is 6.24. The maximum atomic E-state index is 12.4. The van der Waals surface area contributed by atoms with Crippen molar-refractivity contribution < 1.29 is 27.4 Å². The van der Waals surface area contributed by atoms with Gasteiger partial charge in [-0.3, -0.25) is 0 Å². The fraction of sp³-hybridized carbons (Fsp3) is 0.211. The standard InChI is InChI=1S/C19H16BrNO6S/c1-2-6-21-28(23,24)15-5-3-4-13(9-15)19(22)27-12-14-10-17-18(11-16(14)20)26-8-7-25-17/h1,3-5,9-11,21H,6-8,12H2. The molecule has 0 aromatic heterocycles. The van der Waals surface area contributed by atoms with Crippen LogP contribution >= 0.6 is 15.9 Å². The van der Waals surface area contributed by atoms with E-state index in [-0.39, 0.29) is 23.6 Å². The van der Waals surface area contributed by atoms with Crippen LogP contribution in [0.25, 0.3) is 0 Å². The Morgan fingerprint density at radius 3 is 2.64 bits per heavy atom. The van der Waals surface area contributed by atoms with Gasteiger partial charge in [0, 0.05) is 10.0 Å². The fourth-order valence-corrected chi connectivity index (χ4v) is 3.87. The van der Waals surface area contributed by atoms with Crippen molar-refractivity contribution in [2.75, 3.05) is 19.8 Å². The highest BCUT2D eigenvalue weighted by Crippen LogP contribution is 2.35. The Hall–Kier alpha value is -2.54. The number of terminal acetylenes is 1. The van der Waals surface area contributed by atoms with Gasteiger partial charge in [-0.15, -0.1) is 6.42 Å². The molecule has 0 bridgehead atoms. The summed E-state index contributed by atoms with van der Waals surface area (Å²) in [5.74, 6) is 2.73. The van der Waals surface area contributed by atoms with Crippen molar-refractivity contribution in [3.05, 3.63) is 52.0 Å². The fourth-order valence-electron chi connectivity index (χ4n) is 2.45. The highest BCUT2D eigenvalue weighted by molar-refractivity contribution is 9.10. The first-order valence-corrected chi connectivity index (χ1v) is 10.5. The minimum absolute atomic E-state index is 0.0254. The number of carbonyl (C=O) groups is 1. The average Bonchev–Trinajstić information content (AvgIpc) is 2.70. The van der Waals surface area contributed by atoms with Crippen molar-refractivity contribution in [3.63, 3.8) is 0 Å². The molecule has 28 heavy (non-hydrogen) atoms. The summed E-state index contributed by atoms with van der Waals surface area (Å²) in [6, 6.07) is 9.02. The van der Waals surface area contributed by atoms with Crippen LogP contribution in [0, 0.1) is 12.3 Å². The van der Waals surface area contributed by atoms with Crippen LogP contribution in [0.5, 0.6) is 11.5 Å². The van der Waals surface area contributed by atoms with Crippen molar-refractivity contribution >= 4 is 31.9 Å². The maximum absolute atomic E-state index is 12.4. The van der Waals surface area contributed by atoms with E-state index in [0.29, 0.717) is 34.7 Å². The molecule has 1 heterocycles. The number of halogens is 1. The summed E-state index contributed by atoms with van der Waals surface area (Å²) >= 11 is 3.41. The Morgan fingerprint density at radius 1 is 1.21 bits per heavy atom. The summed E-state index contributed by atoms with van der Waals surface area (Å²) in [7, 11) is -3.80. The molecular formula is C19H16BrNO6S. The van der Waals surface area contributed by atoms with Crippen LogP contribution in [-0.4, -0.2) is 34.1 Å². The highest BCUT2D eigenvalue weighted by atomic mass is 79.9. The zero-order chi connectivity index (χ0) is 20.1. The van der Waals surface area contributed by atoms with Gasteiger partial charge in [0.05, 0.1) is 17.0 Å². The zero-order valence-corrected chi connectivity index (χ0v) is 17.0. The molecule has 0 saturated carbocycles. The van der Waals surface area contributed by atoms with E-state index < -0.39 is 16.0 Å². The van der Waals surface area contributed by atoms with Gasteiger partial charge in [0.25, 0.3) is 0 Å². The Bertz CT molecular complexity index is 1040. The van der Waals surface area contributed by atoms with Crippen molar-refractivity contribution in [3.8, 4) is 23.8 Å². The van der Waals surface area contributed by atoms with Crippen molar-refractivity contribution in [2.24, 2.45) is 0 Å². The summed E-state index contributed by atoms with van der Waals surface area (Å²) in [6.07, 6.45) is 5.07. The van der Waals surface area contributed by atoms with Gasteiger partial charge in [-0.05, 0) is 30.3 Å². The number of nitrogens with one attached hydrogen (secondary N) is 1. The topological polar surface area (TPSA) is 90.9 Å². The molecule has 0 radical (unpaired) electrons. The molecule has 0 spiro atoms. The molecule has 0 unspecified atom stereocenters. The van der Waals surface area contributed by atoms with E-state index in [1.165, 1.54) is 24.3 Å². The van der Waals surface area contributed by atoms with Crippen LogP contribution in [-0.2, 0) is 21.4 Å². The van der Waals surface area contributed by atoms with Gasteiger partial charge in [-0.2, -0.15) is 4.72 Å². The summed E-state index contributed by atoms with van der Waals surface area (Å²) in [6.45, 7) is 0.754. The van der Waals surface area contributed by atoms with Crippen LogP contribution in [0.4, 0.5) is 0 Å². The quantitative estimate of drug-likeness (QED) is 0.520. The van der Waals surface area contributed by atoms with Crippen molar-refractivity contribution in [2.45, 2.75) is 11.5 Å². The molecule has 146 valence electrons. The molecule has 0 atom stereocenters. The molecule has 1 N–H and O–H groups in total. The van der Waals surface area contributed by atoms with Crippen molar-refractivity contribution in [1.29, 1.82) is 0 Å². The molecule has 0 amide bonds. The second-order valence-electron chi connectivity index (χ2n) is 5.72. The lowest BCUT2D eigenvalue weighted by Crippen LogP contribution is -2.24. The summed E-state index contributed by atoms with van der Waals surface area (Å²) < 4.78 is 43.5. The van der Waals surface area contributed by atoms with Gasteiger partial charge >= 0.3 is 5.97 Å². The number of hydrogen-bond donors (Lipinski definition) is 1. The molecule has 1 aliphatic heterocycles. The summed E-state index contributed by atoms with van der Waals surface area (Å²) in [5, 5.41) is 0. The van der Waals surface area contributed by atoms with E-state index in [2.05, 4.69) is 26.6 Å². The normalized spacial score (nSPS) is 12.9. The third-order valence-corrected chi connectivity index (χ3v) is 5.95. The monoisotopic (exact) mass is 465 g/mol. The predicted octanol–water partition coefficient (Wildman–Crippen LogP) is 2.49. The first-order chi connectivity index (χ1) is 13.4. The predicted molar refractivity (Wildman–Crippen MR) is 105 cm³/mol. The lowest BCUT2D eigenvalue weighted by atomic mass is 10.2. The van der Waals surface area contributed by atoms with Crippen LogP contribution in [0.3, 0.4) is 0 Å². The van der Waals surface area contributed by atoms with Gasteiger partial charge < -0.3 is 14.2 Å². The van der Waals surface area contributed by atoms with Crippen LogP contribution < -0.4 is 14.2 Å². The van der Waals surface area contributed by atoms with Gasteiger partial charge in [-0.25, -0.2) is 13.2 Å². The van der Waals surface area contributed by atoms with E-state index in [1.807, 2.05) is 0 Å². The minimum atomic E-state index is -3.80. The van der Waals surface area contributed by atoms with Crippen LogP contribution in [0.15, 0.2) is 45.8 Å². The number of fused-ring (bicyclic) bond motifs is 1. The Balaban J connectivity index is 1.72. The molecule has 2 aromatic carbocycles. The van der Waals surface area contributed by atoms with E-state index in [4.69, 9.17) is 20.6 Å². The summed E-state index contributed by atoms with van der Waals surface area (Å²) in [5.41, 5.74) is 0.800. The number of rotatable bonds is 6. The second kappa shape index (κ2) is 8.65. The third kappa shape index (κ3) is 4.65. The van der Waals surface area contributed by atoms with E-state index in [0.717, 1.165) is 0 Å². The molecule has 1 aliphatic rings. The molecule has 9 heteroatoms. The van der Waals surface area contributed by atoms with Crippen LogP contribution in [0.2, 0.25) is 0 Å². The van der Waals surface area contributed by atoms with Crippen LogP contribution in [0.1, 0.15) is 15.9 Å². The van der Waals surface area contributed by atoms with Gasteiger partial charge in [0.2, 0.25) is 10.0 Å². The molecule has 2 aromatic rings. The lowest BCUT2D eigenvalue weighted by Gasteiger charge is -2.19. The molecule has 7 nitrogen and oxygen atoms in total. The number of esters is 1. The van der Waals surface area contributed by atoms with E-state index in [9.17, 15) is 13.2 Å². The summed E-state index contributed by atoms with van der Waals surface area (Å²) in [4.78, 5) is 12.3. The molecule has 0 fully saturated rings. The molecule has 0 saturated heterocycles.